The molecule has 0 radical (unpaired) electrons. The van der Waals surface area contributed by atoms with Gasteiger partial charge >= 0.3 is 6.03 Å². The first-order valence-corrected chi connectivity index (χ1v) is 8.31. The summed E-state index contributed by atoms with van der Waals surface area (Å²) in [7, 11) is 0. The normalized spacial score (nSPS) is 11.9. The summed E-state index contributed by atoms with van der Waals surface area (Å²) in [4.78, 5) is 13.2. The largest absolute Gasteiger partial charge is 0.335 e. The Morgan fingerprint density at radius 3 is 2.83 bits per heavy atom. The molecule has 1 aromatic carbocycles. The lowest BCUT2D eigenvalue weighted by Gasteiger charge is -2.17. The van der Waals surface area contributed by atoms with Crippen LogP contribution in [0.4, 0.5) is 10.5 Å². The predicted octanol–water partition coefficient (Wildman–Crippen LogP) is 4.01. The maximum Gasteiger partial charge on any atom is 0.319 e. The van der Waals surface area contributed by atoms with Crippen LogP contribution >= 0.6 is 22.9 Å². The molecule has 0 aliphatic heterocycles. The molecule has 7 heteroatoms. The summed E-state index contributed by atoms with van der Waals surface area (Å²) in [5.74, 6) is 0. The lowest BCUT2D eigenvalue weighted by molar-refractivity contribution is 0.250. The number of benzene rings is 1. The van der Waals surface area contributed by atoms with Gasteiger partial charge in [-0.1, -0.05) is 29.8 Å². The van der Waals surface area contributed by atoms with Gasteiger partial charge in [0.1, 0.15) is 6.04 Å². The van der Waals surface area contributed by atoms with E-state index >= 15 is 0 Å². The Morgan fingerprint density at radius 1 is 1.26 bits per heavy atom. The van der Waals surface area contributed by atoms with Crippen LogP contribution in [0.15, 0.2) is 60.2 Å². The topological polar surface area (TPSA) is 59.0 Å². The van der Waals surface area contributed by atoms with E-state index in [-0.39, 0.29) is 12.1 Å². The van der Waals surface area contributed by atoms with Crippen LogP contribution < -0.4 is 10.6 Å². The van der Waals surface area contributed by atoms with E-state index < -0.39 is 0 Å². The molecule has 0 bridgehead atoms. The number of thiophene rings is 1. The molecule has 2 heterocycles. The number of nitrogens with one attached hydrogen (secondary N) is 2. The van der Waals surface area contributed by atoms with Gasteiger partial charge in [0, 0.05) is 23.8 Å². The lowest BCUT2D eigenvalue weighted by Crippen LogP contribution is -2.34. The van der Waals surface area contributed by atoms with Crippen molar-refractivity contribution in [1.29, 1.82) is 0 Å². The van der Waals surface area contributed by atoms with Gasteiger partial charge in [0.05, 0.1) is 10.7 Å². The molecular formula is C16H15ClN4OS. The van der Waals surface area contributed by atoms with Crippen molar-refractivity contribution in [3.8, 4) is 0 Å². The fourth-order valence-electron chi connectivity index (χ4n) is 2.19. The molecular weight excluding hydrogens is 332 g/mol. The van der Waals surface area contributed by atoms with Gasteiger partial charge in [-0.2, -0.15) is 5.10 Å². The number of carbonyl (C=O) groups is 1. The van der Waals surface area contributed by atoms with Gasteiger partial charge < -0.3 is 10.6 Å². The standard InChI is InChI=1S/C16H15ClN4OS/c17-12-5-1-2-6-13(12)20-16(22)18-11-14(15-7-3-10-23-15)21-9-4-8-19-21/h1-10,14H,11H2,(H2,18,20,22). The lowest BCUT2D eigenvalue weighted by atomic mass is 10.2. The smallest absolute Gasteiger partial charge is 0.319 e. The molecule has 118 valence electrons. The third-order valence-electron chi connectivity index (χ3n) is 3.29. The molecule has 5 nitrogen and oxygen atoms in total. The molecule has 3 rings (SSSR count). The molecule has 0 fully saturated rings. The number of rotatable bonds is 5. The SMILES string of the molecule is O=C(NCC(c1cccs1)n1cccn1)Nc1ccccc1Cl. The second-order valence-corrected chi connectivity index (χ2v) is 6.22. The molecule has 23 heavy (non-hydrogen) atoms. The minimum absolute atomic E-state index is 0.0398. The Labute approximate surface area is 142 Å². The summed E-state index contributed by atoms with van der Waals surface area (Å²) in [6, 6.07) is 12.7. The van der Waals surface area contributed by atoms with E-state index in [1.54, 1.807) is 29.7 Å². The van der Waals surface area contributed by atoms with Crippen molar-refractivity contribution < 1.29 is 4.79 Å². The van der Waals surface area contributed by atoms with E-state index in [1.165, 1.54) is 0 Å². The molecule has 1 atom stereocenters. The van der Waals surface area contributed by atoms with E-state index in [2.05, 4.69) is 15.7 Å². The molecule has 2 aromatic heterocycles. The van der Waals surface area contributed by atoms with Crippen molar-refractivity contribution in [2.75, 3.05) is 11.9 Å². The number of hydrogen-bond acceptors (Lipinski definition) is 3. The maximum absolute atomic E-state index is 12.1. The van der Waals surface area contributed by atoms with Gasteiger partial charge in [-0.25, -0.2) is 4.79 Å². The van der Waals surface area contributed by atoms with Crippen molar-refractivity contribution in [3.05, 3.63) is 70.1 Å². The highest BCUT2D eigenvalue weighted by atomic mass is 35.5. The van der Waals surface area contributed by atoms with Crippen LogP contribution in [-0.2, 0) is 0 Å². The summed E-state index contributed by atoms with van der Waals surface area (Å²) in [6.45, 7) is 0.429. The average Bonchev–Trinajstić information content (AvgIpc) is 3.23. The summed E-state index contributed by atoms with van der Waals surface area (Å²) in [5, 5.41) is 12.4. The number of amides is 2. The van der Waals surface area contributed by atoms with Crippen LogP contribution in [0.5, 0.6) is 0 Å². The third-order valence-corrected chi connectivity index (χ3v) is 4.60. The highest BCUT2D eigenvalue weighted by Gasteiger charge is 2.16. The summed E-state index contributed by atoms with van der Waals surface area (Å²) >= 11 is 7.67. The summed E-state index contributed by atoms with van der Waals surface area (Å²) in [6.07, 6.45) is 3.61. The van der Waals surface area contributed by atoms with Gasteiger partial charge in [0.15, 0.2) is 0 Å². The fraction of sp³-hybridized carbons (Fsp3) is 0.125. The van der Waals surface area contributed by atoms with E-state index in [1.807, 2.05) is 46.6 Å². The average molecular weight is 347 g/mol. The molecule has 0 aliphatic rings. The number of urea groups is 1. The zero-order chi connectivity index (χ0) is 16.1. The molecule has 2 N–H and O–H groups in total. The third kappa shape index (κ3) is 3.91. The van der Waals surface area contributed by atoms with Crippen molar-refractivity contribution >= 4 is 34.7 Å². The van der Waals surface area contributed by atoms with Crippen LogP contribution in [0.2, 0.25) is 5.02 Å². The molecule has 0 saturated carbocycles. The maximum atomic E-state index is 12.1. The molecule has 1 unspecified atom stereocenters. The Kier molecular flexibility index (Phi) is 4.95. The van der Waals surface area contributed by atoms with E-state index in [0.717, 1.165) is 4.88 Å². The van der Waals surface area contributed by atoms with Crippen LogP contribution in [0.25, 0.3) is 0 Å². The number of anilines is 1. The number of nitrogens with zero attached hydrogens (tertiary/aromatic N) is 2. The molecule has 0 aliphatic carbocycles. The Balaban J connectivity index is 1.65. The van der Waals surface area contributed by atoms with E-state index in [0.29, 0.717) is 17.3 Å². The second kappa shape index (κ2) is 7.30. The monoisotopic (exact) mass is 346 g/mol. The number of carbonyl (C=O) groups excluding carboxylic acids is 1. The zero-order valence-corrected chi connectivity index (χ0v) is 13.7. The minimum Gasteiger partial charge on any atom is -0.335 e. The summed E-state index contributed by atoms with van der Waals surface area (Å²) in [5.41, 5.74) is 0.582. The first-order chi connectivity index (χ1) is 11.2. The van der Waals surface area contributed by atoms with Crippen molar-refractivity contribution in [2.24, 2.45) is 0 Å². The van der Waals surface area contributed by atoms with Crippen LogP contribution in [0.1, 0.15) is 10.9 Å². The van der Waals surface area contributed by atoms with E-state index in [4.69, 9.17) is 11.6 Å². The van der Waals surface area contributed by atoms with Gasteiger partial charge in [0.2, 0.25) is 0 Å². The van der Waals surface area contributed by atoms with Gasteiger partial charge in [-0.05, 0) is 29.6 Å². The highest BCUT2D eigenvalue weighted by molar-refractivity contribution is 7.10. The number of hydrogen-bond donors (Lipinski definition) is 2. The molecule has 0 spiro atoms. The predicted molar refractivity (Wildman–Crippen MR) is 93.2 cm³/mol. The summed E-state index contributed by atoms with van der Waals surface area (Å²) < 4.78 is 1.83. The van der Waals surface area contributed by atoms with Gasteiger partial charge in [0.25, 0.3) is 0 Å². The van der Waals surface area contributed by atoms with Crippen LogP contribution in [-0.4, -0.2) is 22.4 Å². The van der Waals surface area contributed by atoms with Crippen LogP contribution in [0, 0.1) is 0 Å². The second-order valence-electron chi connectivity index (χ2n) is 4.83. The fourth-order valence-corrected chi connectivity index (χ4v) is 3.19. The quantitative estimate of drug-likeness (QED) is 0.733. The van der Waals surface area contributed by atoms with Gasteiger partial charge in [-0.3, -0.25) is 4.68 Å². The Morgan fingerprint density at radius 2 is 2.13 bits per heavy atom. The number of halogens is 1. The molecule has 3 aromatic rings. The molecule has 2 amide bonds. The Hall–Kier alpha value is -2.31. The zero-order valence-electron chi connectivity index (χ0n) is 12.1. The van der Waals surface area contributed by atoms with Gasteiger partial charge in [-0.15, -0.1) is 11.3 Å². The van der Waals surface area contributed by atoms with Crippen molar-refractivity contribution in [1.82, 2.24) is 15.1 Å². The van der Waals surface area contributed by atoms with Crippen molar-refractivity contribution in [3.63, 3.8) is 0 Å². The highest BCUT2D eigenvalue weighted by Crippen LogP contribution is 2.22. The minimum atomic E-state index is -0.299. The van der Waals surface area contributed by atoms with Crippen molar-refractivity contribution in [2.45, 2.75) is 6.04 Å². The van der Waals surface area contributed by atoms with Crippen LogP contribution in [0.3, 0.4) is 0 Å². The number of aromatic nitrogens is 2. The first kappa shape index (κ1) is 15.6. The molecule has 0 saturated heterocycles. The first-order valence-electron chi connectivity index (χ1n) is 7.06. The number of para-hydroxylation sites is 1. The van der Waals surface area contributed by atoms with E-state index in [9.17, 15) is 4.79 Å². The Bertz CT molecular complexity index is 724.